The third kappa shape index (κ3) is 4.87. The lowest BCUT2D eigenvalue weighted by molar-refractivity contribution is -0.144. The van der Waals surface area contributed by atoms with Gasteiger partial charge >= 0.3 is 5.97 Å². The van der Waals surface area contributed by atoms with Crippen LogP contribution in [0.2, 0.25) is 0 Å². The highest BCUT2D eigenvalue weighted by Crippen LogP contribution is 2.13. The van der Waals surface area contributed by atoms with Crippen molar-refractivity contribution in [3.8, 4) is 6.07 Å². The predicted molar refractivity (Wildman–Crippen MR) is 78.0 cm³/mol. The van der Waals surface area contributed by atoms with Gasteiger partial charge < -0.3 is 4.74 Å². The number of aryl methyl sites for hydroxylation is 1. The summed E-state index contributed by atoms with van der Waals surface area (Å²) in [6, 6.07) is 7.69. The Labute approximate surface area is 120 Å². The molecule has 106 valence electrons. The quantitative estimate of drug-likeness (QED) is 0.565. The van der Waals surface area contributed by atoms with E-state index in [0.29, 0.717) is 25.3 Å². The SMILES string of the molecule is C=CCN(CC(=O)OCC)Cc1ccc(C#N)cc1C. The molecular formula is C16H20N2O2. The largest absolute Gasteiger partial charge is 0.465 e. The van der Waals surface area contributed by atoms with Crippen molar-refractivity contribution >= 4 is 5.97 Å². The molecule has 0 saturated carbocycles. The minimum atomic E-state index is -0.236. The summed E-state index contributed by atoms with van der Waals surface area (Å²) >= 11 is 0. The minimum absolute atomic E-state index is 0.235. The second kappa shape index (κ2) is 8.13. The Balaban J connectivity index is 2.77. The van der Waals surface area contributed by atoms with Gasteiger partial charge in [-0.3, -0.25) is 9.69 Å². The van der Waals surface area contributed by atoms with Gasteiger partial charge in [-0.05, 0) is 37.1 Å². The summed E-state index contributed by atoms with van der Waals surface area (Å²) in [7, 11) is 0. The van der Waals surface area contributed by atoms with Crippen LogP contribution in [0.4, 0.5) is 0 Å². The molecule has 0 aliphatic rings. The van der Waals surface area contributed by atoms with E-state index in [1.807, 2.05) is 24.0 Å². The average Bonchev–Trinajstić information content (AvgIpc) is 2.41. The van der Waals surface area contributed by atoms with E-state index in [0.717, 1.165) is 11.1 Å². The average molecular weight is 272 g/mol. The Hall–Kier alpha value is -2.12. The zero-order chi connectivity index (χ0) is 15.0. The number of carbonyl (C=O) groups is 1. The zero-order valence-electron chi connectivity index (χ0n) is 12.1. The maximum absolute atomic E-state index is 11.6. The van der Waals surface area contributed by atoms with Gasteiger partial charge in [-0.25, -0.2) is 0 Å². The van der Waals surface area contributed by atoms with Gasteiger partial charge in [0.1, 0.15) is 0 Å². The van der Waals surface area contributed by atoms with Crippen LogP contribution in [0, 0.1) is 18.3 Å². The highest BCUT2D eigenvalue weighted by molar-refractivity contribution is 5.71. The van der Waals surface area contributed by atoms with Crippen LogP contribution in [0.1, 0.15) is 23.6 Å². The van der Waals surface area contributed by atoms with E-state index in [4.69, 9.17) is 10.00 Å². The summed E-state index contributed by atoms with van der Waals surface area (Å²) in [4.78, 5) is 13.5. The van der Waals surface area contributed by atoms with Crippen LogP contribution in [-0.2, 0) is 16.1 Å². The number of esters is 1. The number of hydrogen-bond donors (Lipinski definition) is 0. The second-order valence-corrected chi connectivity index (χ2v) is 4.52. The molecule has 1 rings (SSSR count). The fraction of sp³-hybridized carbons (Fsp3) is 0.375. The third-order valence-electron chi connectivity index (χ3n) is 2.91. The number of benzene rings is 1. The van der Waals surface area contributed by atoms with Crippen LogP contribution in [0.3, 0.4) is 0 Å². The number of rotatable bonds is 7. The van der Waals surface area contributed by atoms with Gasteiger partial charge in [0.05, 0.1) is 24.8 Å². The highest BCUT2D eigenvalue weighted by atomic mass is 16.5. The molecule has 0 fully saturated rings. The van der Waals surface area contributed by atoms with Gasteiger partial charge in [0, 0.05) is 13.1 Å². The van der Waals surface area contributed by atoms with Crippen LogP contribution in [0.25, 0.3) is 0 Å². The van der Waals surface area contributed by atoms with Crippen molar-refractivity contribution in [1.82, 2.24) is 4.90 Å². The first-order valence-electron chi connectivity index (χ1n) is 6.59. The molecule has 0 spiro atoms. The van der Waals surface area contributed by atoms with Crippen molar-refractivity contribution in [3.63, 3.8) is 0 Å². The molecule has 0 aromatic heterocycles. The maximum Gasteiger partial charge on any atom is 0.320 e. The van der Waals surface area contributed by atoms with E-state index in [1.165, 1.54) is 0 Å². The van der Waals surface area contributed by atoms with Gasteiger partial charge in [0.15, 0.2) is 0 Å². The molecule has 0 amide bonds. The van der Waals surface area contributed by atoms with Crippen LogP contribution in [0.15, 0.2) is 30.9 Å². The molecule has 0 N–H and O–H groups in total. The topological polar surface area (TPSA) is 53.3 Å². The van der Waals surface area contributed by atoms with Gasteiger partial charge in [-0.2, -0.15) is 5.26 Å². The summed E-state index contributed by atoms with van der Waals surface area (Å²) in [6.45, 7) is 9.32. The molecular weight excluding hydrogens is 252 g/mol. The molecule has 0 radical (unpaired) electrons. The zero-order valence-corrected chi connectivity index (χ0v) is 12.1. The van der Waals surface area contributed by atoms with Crippen molar-refractivity contribution in [2.75, 3.05) is 19.7 Å². The van der Waals surface area contributed by atoms with E-state index in [9.17, 15) is 4.79 Å². The first-order chi connectivity index (χ1) is 9.60. The van der Waals surface area contributed by atoms with Crippen molar-refractivity contribution in [1.29, 1.82) is 5.26 Å². The Kier molecular flexibility index (Phi) is 6.48. The highest BCUT2D eigenvalue weighted by Gasteiger charge is 2.12. The molecule has 1 aromatic rings. The Morgan fingerprint density at radius 1 is 1.55 bits per heavy atom. The normalized spacial score (nSPS) is 10.1. The van der Waals surface area contributed by atoms with Crippen molar-refractivity contribution < 1.29 is 9.53 Å². The van der Waals surface area contributed by atoms with Gasteiger partial charge in [-0.15, -0.1) is 6.58 Å². The van der Waals surface area contributed by atoms with Gasteiger partial charge in [0.25, 0.3) is 0 Å². The molecule has 1 aromatic carbocycles. The summed E-state index contributed by atoms with van der Waals surface area (Å²) in [5.41, 5.74) is 2.78. The van der Waals surface area contributed by atoms with E-state index in [2.05, 4.69) is 12.6 Å². The molecule has 0 unspecified atom stereocenters. The molecule has 0 atom stereocenters. The summed E-state index contributed by atoms with van der Waals surface area (Å²) in [6.07, 6.45) is 1.76. The second-order valence-electron chi connectivity index (χ2n) is 4.52. The van der Waals surface area contributed by atoms with E-state index >= 15 is 0 Å². The molecule has 0 bridgehead atoms. The number of ether oxygens (including phenoxy) is 1. The van der Waals surface area contributed by atoms with Crippen molar-refractivity contribution in [2.24, 2.45) is 0 Å². The van der Waals surface area contributed by atoms with Crippen LogP contribution < -0.4 is 0 Å². The number of hydrogen-bond acceptors (Lipinski definition) is 4. The first-order valence-corrected chi connectivity index (χ1v) is 6.59. The number of carbonyl (C=O) groups excluding carboxylic acids is 1. The van der Waals surface area contributed by atoms with Gasteiger partial charge in [-0.1, -0.05) is 12.1 Å². The number of nitrogens with zero attached hydrogens (tertiary/aromatic N) is 2. The first kappa shape index (κ1) is 15.9. The van der Waals surface area contributed by atoms with E-state index in [-0.39, 0.29) is 12.5 Å². The van der Waals surface area contributed by atoms with Crippen LogP contribution in [-0.4, -0.2) is 30.6 Å². The Morgan fingerprint density at radius 2 is 2.30 bits per heavy atom. The lowest BCUT2D eigenvalue weighted by Gasteiger charge is -2.20. The Bertz CT molecular complexity index is 518. The van der Waals surface area contributed by atoms with Crippen molar-refractivity contribution in [3.05, 3.63) is 47.5 Å². The molecule has 0 heterocycles. The standard InChI is InChI=1S/C16H20N2O2/c1-4-8-18(12-16(19)20-5-2)11-15-7-6-14(10-17)9-13(15)3/h4,6-7,9H,1,5,8,11-12H2,2-3H3. The molecule has 0 aliphatic heterocycles. The molecule has 4 nitrogen and oxygen atoms in total. The predicted octanol–water partition coefficient (Wildman–Crippen LogP) is 2.42. The smallest absolute Gasteiger partial charge is 0.320 e. The molecule has 0 saturated heterocycles. The maximum atomic E-state index is 11.6. The van der Waals surface area contributed by atoms with Crippen LogP contribution >= 0.6 is 0 Å². The summed E-state index contributed by atoms with van der Waals surface area (Å²) in [5, 5.41) is 8.86. The molecule has 20 heavy (non-hydrogen) atoms. The molecule has 4 heteroatoms. The van der Waals surface area contributed by atoms with E-state index in [1.54, 1.807) is 19.1 Å². The Morgan fingerprint density at radius 3 is 2.85 bits per heavy atom. The number of nitriles is 1. The lowest BCUT2D eigenvalue weighted by atomic mass is 10.1. The summed E-state index contributed by atoms with van der Waals surface area (Å²) in [5.74, 6) is -0.236. The lowest BCUT2D eigenvalue weighted by Crippen LogP contribution is -2.31. The molecule has 0 aliphatic carbocycles. The third-order valence-corrected chi connectivity index (χ3v) is 2.91. The van der Waals surface area contributed by atoms with Crippen molar-refractivity contribution in [2.45, 2.75) is 20.4 Å². The van der Waals surface area contributed by atoms with Gasteiger partial charge in [0.2, 0.25) is 0 Å². The van der Waals surface area contributed by atoms with Crippen LogP contribution in [0.5, 0.6) is 0 Å². The minimum Gasteiger partial charge on any atom is -0.465 e. The monoisotopic (exact) mass is 272 g/mol. The summed E-state index contributed by atoms with van der Waals surface area (Å²) < 4.78 is 4.97. The fourth-order valence-corrected chi connectivity index (χ4v) is 1.94. The van der Waals surface area contributed by atoms with E-state index < -0.39 is 0 Å². The fourth-order valence-electron chi connectivity index (χ4n) is 1.94.